The van der Waals surface area contributed by atoms with Gasteiger partial charge in [-0.1, -0.05) is 30.3 Å². The first-order valence-corrected chi connectivity index (χ1v) is 9.17. The fraction of sp³-hybridized carbons (Fsp3) is 0.130. The molecule has 1 N–H and O–H groups in total. The minimum Gasteiger partial charge on any atom is -0.493 e. The number of benzene rings is 3. The van der Waals surface area contributed by atoms with Crippen LogP contribution in [0.5, 0.6) is 17.2 Å². The Hall–Kier alpha value is -3.80. The number of hydrogen-bond acceptors (Lipinski definition) is 5. The van der Waals surface area contributed by atoms with E-state index >= 15 is 0 Å². The van der Waals surface area contributed by atoms with E-state index in [1.54, 1.807) is 42.5 Å². The molecule has 1 aliphatic rings. The lowest BCUT2D eigenvalue weighted by atomic mass is 10.1. The fourth-order valence-electron chi connectivity index (χ4n) is 3.16. The first-order valence-electron chi connectivity index (χ1n) is 9.17. The number of amides is 1. The topological polar surface area (TPSA) is 73.9 Å². The van der Waals surface area contributed by atoms with Crippen LogP contribution in [0.25, 0.3) is 0 Å². The van der Waals surface area contributed by atoms with Crippen LogP contribution in [-0.4, -0.2) is 25.6 Å². The number of hydrogen-bond donors (Lipinski definition) is 1. The molecular weight excluding hydrogens is 370 g/mol. The van der Waals surface area contributed by atoms with Crippen molar-refractivity contribution in [1.29, 1.82) is 0 Å². The van der Waals surface area contributed by atoms with Crippen molar-refractivity contribution in [2.45, 2.75) is 6.42 Å². The minimum atomic E-state index is -0.414. The maximum atomic E-state index is 12.6. The number of carbonyl (C=O) groups is 2. The monoisotopic (exact) mass is 389 g/mol. The van der Waals surface area contributed by atoms with E-state index < -0.39 is 5.97 Å². The zero-order valence-corrected chi connectivity index (χ0v) is 15.8. The summed E-state index contributed by atoms with van der Waals surface area (Å²) < 4.78 is 16.5. The number of methoxy groups -OCH3 is 1. The highest BCUT2D eigenvalue weighted by Crippen LogP contribution is 2.37. The van der Waals surface area contributed by atoms with Gasteiger partial charge in [-0.25, -0.2) is 4.79 Å². The molecular formula is C23H19NO5. The second-order valence-corrected chi connectivity index (χ2v) is 6.46. The van der Waals surface area contributed by atoms with Gasteiger partial charge >= 0.3 is 5.97 Å². The van der Waals surface area contributed by atoms with Crippen molar-refractivity contribution in [2.24, 2.45) is 0 Å². The Morgan fingerprint density at radius 1 is 1.00 bits per heavy atom. The van der Waals surface area contributed by atoms with E-state index in [9.17, 15) is 9.59 Å². The number of ether oxygens (including phenoxy) is 3. The van der Waals surface area contributed by atoms with Gasteiger partial charge < -0.3 is 19.5 Å². The lowest BCUT2D eigenvalue weighted by Gasteiger charge is -2.13. The number of rotatable bonds is 5. The SMILES string of the molecule is COC(=O)c1cccc(OCCc2cccc3c2NC(=O)c2ccccc2O3)c1. The van der Waals surface area contributed by atoms with Gasteiger partial charge in [0.25, 0.3) is 5.91 Å². The molecule has 1 aliphatic heterocycles. The van der Waals surface area contributed by atoms with Crippen molar-refractivity contribution in [1.82, 2.24) is 0 Å². The molecule has 0 radical (unpaired) electrons. The van der Waals surface area contributed by atoms with Crippen LogP contribution in [0.2, 0.25) is 0 Å². The lowest BCUT2D eigenvalue weighted by Crippen LogP contribution is -2.12. The predicted octanol–water partition coefficient (Wildman–Crippen LogP) is 4.45. The van der Waals surface area contributed by atoms with Gasteiger partial charge in [-0.2, -0.15) is 0 Å². The van der Waals surface area contributed by atoms with E-state index in [-0.39, 0.29) is 5.91 Å². The van der Waals surface area contributed by atoms with E-state index in [4.69, 9.17) is 14.2 Å². The first kappa shape index (κ1) is 18.6. The zero-order valence-electron chi connectivity index (χ0n) is 15.8. The van der Waals surface area contributed by atoms with E-state index in [1.165, 1.54) is 7.11 Å². The molecule has 6 heteroatoms. The van der Waals surface area contributed by atoms with E-state index in [2.05, 4.69) is 5.32 Å². The van der Waals surface area contributed by atoms with Crippen LogP contribution in [0.15, 0.2) is 66.7 Å². The highest BCUT2D eigenvalue weighted by atomic mass is 16.5. The second-order valence-electron chi connectivity index (χ2n) is 6.46. The van der Waals surface area contributed by atoms with Gasteiger partial charge in [0.15, 0.2) is 5.75 Å². The molecule has 1 heterocycles. The van der Waals surface area contributed by atoms with Gasteiger partial charge in [-0.15, -0.1) is 0 Å². The molecule has 0 saturated carbocycles. The molecule has 0 spiro atoms. The smallest absolute Gasteiger partial charge is 0.337 e. The number of esters is 1. The van der Waals surface area contributed by atoms with E-state index in [1.807, 2.05) is 24.3 Å². The summed E-state index contributed by atoms with van der Waals surface area (Å²) in [7, 11) is 1.34. The molecule has 6 nitrogen and oxygen atoms in total. The predicted molar refractivity (Wildman–Crippen MR) is 108 cm³/mol. The molecule has 0 bridgehead atoms. The van der Waals surface area contributed by atoms with Crippen molar-refractivity contribution in [3.05, 3.63) is 83.4 Å². The van der Waals surface area contributed by atoms with Crippen LogP contribution in [-0.2, 0) is 11.2 Å². The highest BCUT2D eigenvalue weighted by Gasteiger charge is 2.22. The molecule has 0 fully saturated rings. The molecule has 29 heavy (non-hydrogen) atoms. The number of carbonyl (C=O) groups excluding carboxylic acids is 2. The van der Waals surface area contributed by atoms with Crippen LogP contribution in [0.4, 0.5) is 5.69 Å². The molecule has 0 atom stereocenters. The van der Waals surface area contributed by atoms with Crippen LogP contribution in [0.1, 0.15) is 26.3 Å². The third-order valence-corrected chi connectivity index (χ3v) is 4.60. The Bertz CT molecular complexity index is 1080. The van der Waals surface area contributed by atoms with Gasteiger partial charge in [-0.05, 0) is 42.0 Å². The average Bonchev–Trinajstić information content (AvgIpc) is 2.90. The number of fused-ring (bicyclic) bond motifs is 2. The summed E-state index contributed by atoms with van der Waals surface area (Å²) in [5.74, 6) is 1.06. The maximum absolute atomic E-state index is 12.6. The van der Waals surface area contributed by atoms with Gasteiger partial charge in [0, 0.05) is 6.42 Å². The zero-order chi connectivity index (χ0) is 20.2. The van der Waals surface area contributed by atoms with Crippen LogP contribution < -0.4 is 14.8 Å². The molecule has 1 amide bonds. The minimum absolute atomic E-state index is 0.210. The normalized spacial score (nSPS) is 12.0. The van der Waals surface area contributed by atoms with Crippen LogP contribution in [0.3, 0.4) is 0 Å². The fourth-order valence-corrected chi connectivity index (χ4v) is 3.16. The standard InChI is InChI=1S/C23H19NO5/c1-27-23(26)16-7-4-8-17(14-16)28-13-12-15-6-5-11-20-21(15)24-22(25)18-9-2-3-10-19(18)29-20/h2-11,14H,12-13H2,1H3,(H,24,25). The third-order valence-electron chi connectivity index (χ3n) is 4.60. The van der Waals surface area contributed by atoms with E-state index in [0.29, 0.717) is 47.1 Å². The van der Waals surface area contributed by atoms with Crippen molar-refractivity contribution in [3.8, 4) is 17.2 Å². The second kappa shape index (κ2) is 8.06. The average molecular weight is 389 g/mol. The summed E-state index contributed by atoms with van der Waals surface area (Å²) in [4.78, 5) is 24.2. The Labute approximate surface area is 168 Å². The Morgan fingerprint density at radius 3 is 2.66 bits per heavy atom. The summed E-state index contributed by atoms with van der Waals surface area (Å²) in [6.45, 7) is 0.365. The largest absolute Gasteiger partial charge is 0.493 e. The van der Waals surface area contributed by atoms with Crippen LogP contribution >= 0.6 is 0 Å². The van der Waals surface area contributed by atoms with Crippen molar-refractivity contribution >= 4 is 17.6 Å². The quantitative estimate of drug-likeness (QED) is 0.653. The number of para-hydroxylation sites is 2. The molecule has 3 aromatic rings. The highest BCUT2D eigenvalue weighted by molar-refractivity contribution is 6.08. The van der Waals surface area contributed by atoms with E-state index in [0.717, 1.165) is 5.56 Å². The molecule has 4 rings (SSSR count). The molecule has 146 valence electrons. The molecule has 3 aromatic carbocycles. The Morgan fingerprint density at radius 2 is 1.79 bits per heavy atom. The summed E-state index contributed by atoms with van der Waals surface area (Å²) in [6, 6.07) is 19.6. The van der Waals surface area contributed by atoms with Crippen molar-refractivity contribution in [2.75, 3.05) is 19.0 Å². The number of anilines is 1. The summed E-state index contributed by atoms with van der Waals surface area (Å²) >= 11 is 0. The van der Waals surface area contributed by atoms with Crippen molar-refractivity contribution < 1.29 is 23.8 Å². The maximum Gasteiger partial charge on any atom is 0.337 e. The lowest BCUT2D eigenvalue weighted by molar-refractivity contribution is 0.0600. The first-order chi connectivity index (χ1) is 14.2. The summed E-state index contributed by atoms with van der Waals surface area (Å²) in [5, 5.41) is 2.95. The van der Waals surface area contributed by atoms with Crippen LogP contribution in [0, 0.1) is 0 Å². The van der Waals surface area contributed by atoms with Gasteiger partial charge in [0.1, 0.15) is 11.5 Å². The number of nitrogens with one attached hydrogen (secondary N) is 1. The molecule has 0 saturated heterocycles. The third kappa shape index (κ3) is 3.91. The molecule has 0 unspecified atom stereocenters. The molecule has 0 aliphatic carbocycles. The molecule has 0 aromatic heterocycles. The Kier molecular flexibility index (Phi) is 5.16. The van der Waals surface area contributed by atoms with Gasteiger partial charge in [0.2, 0.25) is 0 Å². The summed E-state index contributed by atoms with van der Waals surface area (Å²) in [5.41, 5.74) is 2.45. The van der Waals surface area contributed by atoms with Gasteiger partial charge in [-0.3, -0.25) is 4.79 Å². The van der Waals surface area contributed by atoms with Gasteiger partial charge in [0.05, 0.1) is 30.5 Å². The Balaban J connectivity index is 1.50. The summed E-state index contributed by atoms with van der Waals surface area (Å²) in [6.07, 6.45) is 0.547. The van der Waals surface area contributed by atoms with Crippen molar-refractivity contribution in [3.63, 3.8) is 0 Å².